The zero-order chi connectivity index (χ0) is 51.4. The molecule has 0 aliphatic rings. The second-order valence-corrected chi connectivity index (χ2v) is 21.3. The third-order valence-corrected chi connectivity index (χ3v) is 14.1. The zero-order valence-corrected chi connectivity index (χ0v) is 47.8. The predicted molar refractivity (Wildman–Crippen MR) is 307 cm³/mol. The third-order valence-electron chi connectivity index (χ3n) is 14.1. The molecule has 0 saturated heterocycles. The lowest BCUT2D eigenvalue weighted by Gasteiger charge is -2.18. The highest BCUT2D eigenvalue weighted by Gasteiger charge is 2.19. The highest BCUT2D eigenvalue weighted by Crippen LogP contribution is 2.17. The Balaban J connectivity index is 4.10. The lowest BCUT2D eigenvalue weighted by Crippen LogP contribution is -2.30. The first-order valence-electron chi connectivity index (χ1n) is 31.5. The van der Waals surface area contributed by atoms with E-state index in [2.05, 4.69) is 57.2 Å². The van der Waals surface area contributed by atoms with E-state index in [-0.39, 0.29) is 31.1 Å². The van der Waals surface area contributed by atoms with Crippen LogP contribution in [-0.4, -0.2) is 37.2 Å². The van der Waals surface area contributed by atoms with Gasteiger partial charge in [0.1, 0.15) is 13.2 Å². The Kier molecular flexibility index (Phi) is 58.2. The number of esters is 3. The number of ether oxygens (including phenoxy) is 3. The van der Waals surface area contributed by atoms with Gasteiger partial charge in [0.25, 0.3) is 0 Å². The highest BCUT2D eigenvalue weighted by molar-refractivity contribution is 5.71. The largest absolute Gasteiger partial charge is 0.462 e. The zero-order valence-electron chi connectivity index (χ0n) is 47.8. The van der Waals surface area contributed by atoms with E-state index in [1.165, 1.54) is 225 Å². The molecule has 0 fully saturated rings. The van der Waals surface area contributed by atoms with Crippen LogP contribution in [0.25, 0.3) is 0 Å². The summed E-state index contributed by atoms with van der Waals surface area (Å²) in [7, 11) is 0. The number of allylic oxidation sites excluding steroid dienone is 6. The highest BCUT2D eigenvalue weighted by atomic mass is 16.6. The van der Waals surface area contributed by atoms with Gasteiger partial charge < -0.3 is 14.2 Å². The van der Waals surface area contributed by atoms with Crippen LogP contribution >= 0.6 is 0 Å². The van der Waals surface area contributed by atoms with Gasteiger partial charge in [0.2, 0.25) is 0 Å². The second kappa shape index (κ2) is 60.2. The minimum Gasteiger partial charge on any atom is -0.462 e. The molecule has 0 heterocycles. The summed E-state index contributed by atoms with van der Waals surface area (Å²) < 4.78 is 16.9. The fourth-order valence-electron chi connectivity index (χ4n) is 9.31. The molecule has 0 aliphatic heterocycles. The van der Waals surface area contributed by atoms with Crippen LogP contribution in [0.15, 0.2) is 36.5 Å². The van der Waals surface area contributed by atoms with Gasteiger partial charge in [-0.1, -0.05) is 263 Å². The second-order valence-electron chi connectivity index (χ2n) is 21.3. The Hall–Kier alpha value is -2.37. The molecule has 416 valence electrons. The molecule has 0 aromatic rings. The van der Waals surface area contributed by atoms with Gasteiger partial charge in [0.05, 0.1) is 0 Å². The summed E-state index contributed by atoms with van der Waals surface area (Å²) in [6.45, 7) is 6.62. The summed E-state index contributed by atoms with van der Waals surface area (Å²) in [4.78, 5) is 38.1. The van der Waals surface area contributed by atoms with Crippen molar-refractivity contribution < 1.29 is 28.6 Å². The van der Waals surface area contributed by atoms with Gasteiger partial charge in [-0.3, -0.25) is 14.4 Å². The maximum atomic E-state index is 12.8. The predicted octanol–water partition coefficient (Wildman–Crippen LogP) is 21.2. The topological polar surface area (TPSA) is 78.9 Å². The Morgan fingerprint density at radius 2 is 0.465 bits per heavy atom. The molecule has 0 aliphatic carbocycles. The maximum absolute atomic E-state index is 12.8. The van der Waals surface area contributed by atoms with Crippen LogP contribution in [0.4, 0.5) is 0 Å². The molecule has 0 aromatic heterocycles. The monoisotopic (exact) mass is 997 g/mol. The van der Waals surface area contributed by atoms with Crippen LogP contribution < -0.4 is 0 Å². The van der Waals surface area contributed by atoms with Crippen molar-refractivity contribution in [2.75, 3.05) is 13.2 Å². The molecule has 0 amide bonds. The molecule has 1 atom stereocenters. The fourth-order valence-corrected chi connectivity index (χ4v) is 9.31. The Morgan fingerprint density at radius 3 is 0.732 bits per heavy atom. The van der Waals surface area contributed by atoms with Crippen LogP contribution in [0.1, 0.15) is 342 Å². The van der Waals surface area contributed by atoms with Crippen molar-refractivity contribution in [2.45, 2.75) is 348 Å². The minimum atomic E-state index is -0.777. The number of carbonyl (C=O) groups excluding carboxylic acids is 3. The van der Waals surface area contributed by atoms with Crippen molar-refractivity contribution in [3.8, 4) is 0 Å². The van der Waals surface area contributed by atoms with E-state index >= 15 is 0 Å². The molecule has 0 bridgehead atoms. The van der Waals surface area contributed by atoms with Crippen molar-refractivity contribution in [3.05, 3.63) is 36.5 Å². The SMILES string of the molecule is CCCCC/C=C\CCCCCCCC(=O)OCC(COC(=O)CCCCCCCCCCCCCCCCCCC/C=C\CCCCCCCCCC)OC(=O)CCCCCCC/C=C\CCCCC. The molecule has 1 unspecified atom stereocenters. The number of carbonyl (C=O) groups is 3. The molecule has 0 N–H and O–H groups in total. The molecule has 71 heavy (non-hydrogen) atoms. The average molecular weight is 998 g/mol. The number of rotatable bonds is 58. The standard InChI is InChI=1S/C65H120O6/c1-4-7-10-13-16-19-22-25-26-27-28-29-30-31-32-33-34-35-36-37-38-39-40-41-44-46-49-52-55-58-64(67)70-61-62(71-65(68)59-56-53-50-47-43-24-21-18-15-12-9-6-3)60-69-63(66)57-54-51-48-45-42-23-20-17-14-11-8-5-2/h17-18,20-21,27-28,62H,4-16,19,22-26,29-61H2,1-3H3/b20-17-,21-18-,28-27-. The van der Waals surface area contributed by atoms with Crippen molar-refractivity contribution in [3.63, 3.8) is 0 Å². The van der Waals surface area contributed by atoms with E-state index in [4.69, 9.17) is 14.2 Å². The number of hydrogen-bond acceptors (Lipinski definition) is 6. The van der Waals surface area contributed by atoms with Gasteiger partial charge >= 0.3 is 17.9 Å². The van der Waals surface area contributed by atoms with Crippen LogP contribution in [-0.2, 0) is 28.6 Å². The molecule has 6 heteroatoms. The lowest BCUT2D eigenvalue weighted by molar-refractivity contribution is -0.167. The van der Waals surface area contributed by atoms with Crippen molar-refractivity contribution in [2.24, 2.45) is 0 Å². The normalized spacial score (nSPS) is 12.2. The summed E-state index contributed by atoms with van der Waals surface area (Å²) in [6, 6.07) is 0. The van der Waals surface area contributed by atoms with Gasteiger partial charge in [0.15, 0.2) is 6.10 Å². The van der Waals surface area contributed by atoms with Crippen LogP contribution in [0.2, 0.25) is 0 Å². The maximum Gasteiger partial charge on any atom is 0.306 e. The summed E-state index contributed by atoms with van der Waals surface area (Å²) in [5.74, 6) is -0.877. The van der Waals surface area contributed by atoms with Crippen LogP contribution in [0.3, 0.4) is 0 Å². The smallest absolute Gasteiger partial charge is 0.306 e. The molecular weight excluding hydrogens is 877 g/mol. The summed E-state index contributed by atoms with van der Waals surface area (Å²) >= 11 is 0. The van der Waals surface area contributed by atoms with E-state index in [9.17, 15) is 14.4 Å². The molecule has 0 radical (unpaired) electrons. The van der Waals surface area contributed by atoms with Crippen molar-refractivity contribution in [1.82, 2.24) is 0 Å². The third kappa shape index (κ3) is 58.4. The van der Waals surface area contributed by atoms with E-state index in [0.717, 1.165) is 77.0 Å². The molecule has 0 spiro atoms. The first kappa shape index (κ1) is 68.6. The van der Waals surface area contributed by atoms with E-state index in [1.807, 2.05) is 0 Å². The molecule has 0 aromatic carbocycles. The Bertz CT molecular complexity index is 1190. The van der Waals surface area contributed by atoms with Gasteiger partial charge in [-0.2, -0.15) is 0 Å². The molecule has 0 saturated carbocycles. The number of unbranched alkanes of at least 4 members (excludes halogenated alkanes) is 41. The summed E-state index contributed by atoms with van der Waals surface area (Å²) in [5.41, 5.74) is 0. The van der Waals surface area contributed by atoms with Crippen molar-refractivity contribution >= 4 is 17.9 Å². The summed E-state index contributed by atoms with van der Waals surface area (Å²) in [5, 5.41) is 0. The number of hydrogen-bond donors (Lipinski definition) is 0. The first-order chi connectivity index (χ1) is 35.0. The van der Waals surface area contributed by atoms with Gasteiger partial charge in [0, 0.05) is 19.3 Å². The quantitative estimate of drug-likeness (QED) is 0.0261. The lowest BCUT2D eigenvalue weighted by atomic mass is 10.0. The van der Waals surface area contributed by atoms with Crippen molar-refractivity contribution in [1.29, 1.82) is 0 Å². The Morgan fingerprint density at radius 1 is 0.268 bits per heavy atom. The fraction of sp³-hybridized carbons (Fsp3) is 0.862. The molecule has 0 rings (SSSR count). The Labute approximate surface area is 442 Å². The van der Waals surface area contributed by atoms with Crippen LogP contribution in [0, 0.1) is 0 Å². The van der Waals surface area contributed by atoms with Crippen LogP contribution in [0.5, 0.6) is 0 Å². The minimum absolute atomic E-state index is 0.0748. The average Bonchev–Trinajstić information content (AvgIpc) is 3.37. The molecular formula is C65H120O6. The van der Waals surface area contributed by atoms with E-state index in [0.29, 0.717) is 19.3 Å². The van der Waals surface area contributed by atoms with E-state index in [1.54, 1.807) is 0 Å². The first-order valence-corrected chi connectivity index (χ1v) is 31.5. The van der Waals surface area contributed by atoms with Gasteiger partial charge in [-0.05, 0) is 96.3 Å². The molecule has 6 nitrogen and oxygen atoms in total. The van der Waals surface area contributed by atoms with Gasteiger partial charge in [-0.25, -0.2) is 0 Å². The van der Waals surface area contributed by atoms with Gasteiger partial charge in [-0.15, -0.1) is 0 Å². The van der Waals surface area contributed by atoms with E-state index < -0.39 is 6.10 Å². The summed E-state index contributed by atoms with van der Waals surface area (Å²) in [6.07, 6.45) is 73.1.